The second-order valence-electron chi connectivity index (χ2n) is 6.48. The molecule has 0 aliphatic heterocycles. The summed E-state index contributed by atoms with van der Waals surface area (Å²) in [4.78, 5) is 24.6. The molecule has 6 nitrogen and oxygen atoms in total. The van der Waals surface area contributed by atoms with E-state index in [4.69, 9.17) is 4.74 Å². The van der Waals surface area contributed by atoms with Crippen LogP contribution in [0, 0.1) is 5.82 Å². The molecule has 0 radical (unpaired) electrons. The first kappa shape index (κ1) is 22.0. The number of halogens is 4. The number of anilines is 1. The Morgan fingerprint density at radius 2 is 1.84 bits per heavy atom. The lowest BCUT2D eigenvalue weighted by Gasteiger charge is -2.17. The Kier molecular flexibility index (Phi) is 6.38. The molecule has 3 rings (SSSR count). The van der Waals surface area contributed by atoms with Gasteiger partial charge in [-0.15, -0.1) is 5.10 Å². The van der Waals surface area contributed by atoms with Crippen molar-refractivity contribution in [3.05, 3.63) is 82.4 Å². The van der Waals surface area contributed by atoms with Gasteiger partial charge in [-0.3, -0.25) is 9.59 Å². The molecule has 3 aromatic rings. The number of benzene rings is 2. The van der Waals surface area contributed by atoms with Gasteiger partial charge in [-0.1, -0.05) is 13.0 Å². The first-order valence-electron chi connectivity index (χ1n) is 9.18. The number of carbonyl (C=O) groups is 1. The Hall–Kier alpha value is -3.69. The highest BCUT2D eigenvalue weighted by molar-refractivity contribution is 5.94. The normalized spacial score (nSPS) is 12.3. The predicted molar refractivity (Wildman–Crippen MR) is 105 cm³/mol. The van der Waals surface area contributed by atoms with Gasteiger partial charge in [0.25, 0.3) is 11.5 Å². The van der Waals surface area contributed by atoms with E-state index in [1.807, 2.05) is 0 Å². The molecular formula is C21H17F4N3O3. The zero-order valence-corrected chi connectivity index (χ0v) is 16.2. The second-order valence-corrected chi connectivity index (χ2v) is 6.48. The molecule has 1 atom stereocenters. The minimum absolute atomic E-state index is 0.0360. The molecule has 0 aliphatic rings. The lowest BCUT2D eigenvalue weighted by molar-refractivity contribution is -0.137. The average molecular weight is 435 g/mol. The minimum atomic E-state index is -4.54. The van der Waals surface area contributed by atoms with Crippen molar-refractivity contribution in [3.8, 4) is 11.6 Å². The Morgan fingerprint density at radius 3 is 2.48 bits per heavy atom. The maximum Gasteiger partial charge on any atom is 0.416 e. The van der Waals surface area contributed by atoms with E-state index in [0.29, 0.717) is 5.69 Å². The molecule has 1 N–H and O–H groups in total. The van der Waals surface area contributed by atoms with Crippen molar-refractivity contribution in [2.24, 2.45) is 0 Å². The molecule has 0 saturated heterocycles. The van der Waals surface area contributed by atoms with E-state index >= 15 is 0 Å². The summed E-state index contributed by atoms with van der Waals surface area (Å²) in [5, 5.41) is 6.41. The third-order valence-corrected chi connectivity index (χ3v) is 4.23. The van der Waals surface area contributed by atoms with Gasteiger partial charge in [0, 0.05) is 17.8 Å². The van der Waals surface area contributed by atoms with Gasteiger partial charge in [0.1, 0.15) is 5.82 Å². The number of aromatic nitrogens is 2. The van der Waals surface area contributed by atoms with Crippen LogP contribution in [0.25, 0.3) is 5.69 Å². The van der Waals surface area contributed by atoms with Crippen molar-refractivity contribution in [3.63, 3.8) is 0 Å². The number of rotatable bonds is 6. The van der Waals surface area contributed by atoms with Crippen LogP contribution in [0.2, 0.25) is 0 Å². The number of nitrogens with one attached hydrogen (secondary N) is 1. The highest BCUT2D eigenvalue weighted by atomic mass is 19.4. The van der Waals surface area contributed by atoms with Crippen molar-refractivity contribution in [2.75, 3.05) is 5.32 Å². The summed E-state index contributed by atoms with van der Waals surface area (Å²) in [6.07, 6.45) is -5.44. The number of carbonyl (C=O) groups excluding carboxylic acids is 1. The van der Waals surface area contributed by atoms with Crippen LogP contribution in [-0.2, 0) is 11.0 Å². The van der Waals surface area contributed by atoms with Crippen LogP contribution in [0.3, 0.4) is 0 Å². The molecular weight excluding hydrogens is 418 g/mol. The van der Waals surface area contributed by atoms with Crippen molar-refractivity contribution in [1.29, 1.82) is 0 Å². The number of hydrogen-bond acceptors (Lipinski definition) is 4. The van der Waals surface area contributed by atoms with E-state index in [0.717, 1.165) is 28.9 Å². The zero-order chi connectivity index (χ0) is 22.6. The van der Waals surface area contributed by atoms with E-state index in [2.05, 4.69) is 10.4 Å². The lowest BCUT2D eigenvalue weighted by atomic mass is 10.2. The van der Waals surface area contributed by atoms with Crippen molar-refractivity contribution < 1.29 is 27.1 Å². The van der Waals surface area contributed by atoms with E-state index < -0.39 is 35.1 Å². The van der Waals surface area contributed by atoms with E-state index in [1.54, 1.807) is 6.92 Å². The maximum atomic E-state index is 13.1. The molecule has 162 valence electrons. The van der Waals surface area contributed by atoms with Gasteiger partial charge in [-0.2, -0.15) is 17.9 Å². The largest absolute Gasteiger partial charge is 0.463 e. The SMILES string of the molecule is CCC(Oc1ccc(=O)n(-c2ccc(F)cc2)n1)C(=O)Nc1cccc(C(F)(F)F)c1. The van der Waals surface area contributed by atoms with Crippen LogP contribution < -0.4 is 15.6 Å². The smallest absolute Gasteiger partial charge is 0.416 e. The fraction of sp³-hybridized carbons (Fsp3) is 0.190. The topological polar surface area (TPSA) is 73.2 Å². The molecule has 0 saturated carbocycles. The fourth-order valence-electron chi connectivity index (χ4n) is 2.69. The number of alkyl halides is 3. The van der Waals surface area contributed by atoms with Gasteiger partial charge in [0.15, 0.2) is 6.10 Å². The Balaban J connectivity index is 1.78. The summed E-state index contributed by atoms with van der Waals surface area (Å²) in [6.45, 7) is 1.65. The molecule has 1 amide bonds. The number of hydrogen-bond donors (Lipinski definition) is 1. The quantitative estimate of drug-likeness (QED) is 0.590. The third-order valence-electron chi connectivity index (χ3n) is 4.23. The first-order valence-corrected chi connectivity index (χ1v) is 9.18. The van der Waals surface area contributed by atoms with Gasteiger partial charge < -0.3 is 10.1 Å². The zero-order valence-electron chi connectivity index (χ0n) is 16.2. The highest BCUT2D eigenvalue weighted by Crippen LogP contribution is 2.30. The van der Waals surface area contributed by atoms with E-state index in [1.165, 1.54) is 36.4 Å². The molecule has 1 unspecified atom stereocenters. The van der Waals surface area contributed by atoms with Crippen LogP contribution in [0.1, 0.15) is 18.9 Å². The minimum Gasteiger partial charge on any atom is -0.463 e. The summed E-state index contributed by atoms with van der Waals surface area (Å²) >= 11 is 0. The number of ether oxygens (including phenoxy) is 1. The van der Waals surface area contributed by atoms with E-state index in [9.17, 15) is 27.2 Å². The van der Waals surface area contributed by atoms with Crippen molar-refractivity contribution in [1.82, 2.24) is 9.78 Å². The van der Waals surface area contributed by atoms with Gasteiger partial charge in [0.2, 0.25) is 5.88 Å². The lowest BCUT2D eigenvalue weighted by Crippen LogP contribution is -2.33. The van der Waals surface area contributed by atoms with Crippen LogP contribution in [0.5, 0.6) is 5.88 Å². The van der Waals surface area contributed by atoms with Crippen LogP contribution in [0.15, 0.2) is 65.5 Å². The number of nitrogens with zero attached hydrogens (tertiary/aromatic N) is 2. The van der Waals surface area contributed by atoms with Crippen LogP contribution in [-0.4, -0.2) is 21.8 Å². The first-order chi connectivity index (χ1) is 14.7. The second kappa shape index (κ2) is 8.99. The van der Waals surface area contributed by atoms with Crippen molar-refractivity contribution >= 4 is 11.6 Å². The molecule has 2 aromatic carbocycles. The molecule has 31 heavy (non-hydrogen) atoms. The molecule has 10 heteroatoms. The van der Waals surface area contributed by atoms with Gasteiger partial charge in [-0.05, 0) is 48.9 Å². The molecule has 0 fully saturated rings. The Morgan fingerprint density at radius 1 is 1.13 bits per heavy atom. The van der Waals surface area contributed by atoms with Crippen LogP contribution >= 0.6 is 0 Å². The Bertz CT molecular complexity index is 1130. The summed E-state index contributed by atoms with van der Waals surface area (Å²) in [7, 11) is 0. The van der Waals surface area contributed by atoms with Crippen LogP contribution in [0.4, 0.5) is 23.2 Å². The predicted octanol–water partition coefficient (Wildman–Crippen LogP) is 4.19. The Labute approximate surface area is 174 Å². The monoisotopic (exact) mass is 435 g/mol. The van der Waals surface area contributed by atoms with Gasteiger partial charge in [0.05, 0.1) is 11.3 Å². The summed E-state index contributed by atoms with van der Waals surface area (Å²) in [5.41, 5.74) is -1.14. The van der Waals surface area contributed by atoms with E-state index in [-0.39, 0.29) is 18.0 Å². The van der Waals surface area contributed by atoms with Gasteiger partial charge >= 0.3 is 6.18 Å². The summed E-state index contributed by atoms with van der Waals surface area (Å²) in [5.74, 6) is -1.22. The fourth-order valence-corrected chi connectivity index (χ4v) is 2.69. The summed E-state index contributed by atoms with van der Waals surface area (Å²) < 4.78 is 58.2. The highest BCUT2D eigenvalue weighted by Gasteiger charge is 2.30. The molecule has 1 heterocycles. The average Bonchev–Trinajstić information content (AvgIpc) is 2.73. The number of amides is 1. The molecule has 0 aliphatic carbocycles. The standard InChI is InChI=1S/C21H17F4N3O3/c1-2-17(20(30)26-15-5-3-4-13(12-15)21(23,24)25)31-18-10-11-19(29)28(27-18)16-8-6-14(22)7-9-16/h3-12,17H,2H2,1H3,(H,26,30). The molecule has 0 spiro atoms. The van der Waals surface area contributed by atoms with Crippen molar-refractivity contribution in [2.45, 2.75) is 25.6 Å². The molecule has 0 bridgehead atoms. The third kappa shape index (κ3) is 5.47. The van der Waals surface area contributed by atoms with Gasteiger partial charge in [-0.25, -0.2) is 4.39 Å². The maximum absolute atomic E-state index is 13.1. The summed E-state index contributed by atoms with van der Waals surface area (Å²) in [6, 6.07) is 11.7. The molecule has 1 aromatic heterocycles.